The van der Waals surface area contributed by atoms with E-state index in [-0.39, 0.29) is 0 Å². The summed E-state index contributed by atoms with van der Waals surface area (Å²) in [5, 5.41) is 3.78. The molecular weight excluding hydrogens is 230 g/mol. The maximum atomic E-state index is 3.78. The normalized spacial score (nSPS) is 19.7. The number of nitrogens with one attached hydrogen (secondary N) is 1. The Balaban J connectivity index is 2.15. The van der Waals surface area contributed by atoms with Crippen LogP contribution in [0.1, 0.15) is 97.8 Å². The molecule has 0 radical (unpaired) electrons. The van der Waals surface area contributed by atoms with Gasteiger partial charge in [0, 0.05) is 6.04 Å². The average Bonchev–Trinajstić information content (AvgIpc) is 2.84. The minimum atomic E-state index is 0.595. The number of rotatable bonds is 11. The van der Waals surface area contributed by atoms with E-state index in [1.54, 1.807) is 0 Å². The molecule has 0 bridgehead atoms. The molecular formula is C18H37N. The first-order chi connectivity index (χ1) is 9.23. The van der Waals surface area contributed by atoms with Crippen molar-refractivity contribution in [3.05, 3.63) is 0 Å². The van der Waals surface area contributed by atoms with Gasteiger partial charge < -0.3 is 5.32 Å². The highest BCUT2D eigenvalue weighted by atomic mass is 14.9. The summed E-state index contributed by atoms with van der Waals surface area (Å²) in [4.78, 5) is 0. The molecule has 0 heterocycles. The summed E-state index contributed by atoms with van der Waals surface area (Å²) in [6.07, 6.45) is 17.2. The van der Waals surface area contributed by atoms with Crippen LogP contribution in [-0.4, -0.2) is 12.6 Å². The van der Waals surface area contributed by atoms with E-state index >= 15 is 0 Å². The predicted octanol–water partition coefficient (Wildman–Crippen LogP) is 5.69. The Kier molecular flexibility index (Phi) is 8.77. The zero-order chi connectivity index (χ0) is 14.0. The van der Waals surface area contributed by atoms with Gasteiger partial charge in [0.1, 0.15) is 0 Å². The molecule has 1 heteroatoms. The van der Waals surface area contributed by atoms with Gasteiger partial charge >= 0.3 is 0 Å². The van der Waals surface area contributed by atoms with Gasteiger partial charge in [0.2, 0.25) is 0 Å². The Morgan fingerprint density at radius 1 is 0.895 bits per heavy atom. The molecule has 1 fully saturated rings. The third-order valence-electron chi connectivity index (χ3n) is 5.13. The predicted molar refractivity (Wildman–Crippen MR) is 86.6 cm³/mol. The summed E-state index contributed by atoms with van der Waals surface area (Å²) in [5.41, 5.74) is 0.595. The second kappa shape index (κ2) is 9.80. The minimum absolute atomic E-state index is 0.595. The van der Waals surface area contributed by atoms with E-state index in [2.05, 4.69) is 26.1 Å². The van der Waals surface area contributed by atoms with Crippen molar-refractivity contribution in [2.24, 2.45) is 5.41 Å². The lowest BCUT2D eigenvalue weighted by Crippen LogP contribution is -2.42. The largest absolute Gasteiger partial charge is 0.314 e. The van der Waals surface area contributed by atoms with Crippen molar-refractivity contribution in [3.8, 4) is 0 Å². The van der Waals surface area contributed by atoms with E-state index in [1.165, 1.54) is 77.0 Å². The fourth-order valence-electron chi connectivity index (χ4n) is 3.78. The van der Waals surface area contributed by atoms with Crippen LogP contribution in [0.25, 0.3) is 0 Å². The third-order valence-corrected chi connectivity index (χ3v) is 5.13. The molecule has 0 aromatic carbocycles. The summed E-state index contributed by atoms with van der Waals surface area (Å²) < 4.78 is 0. The van der Waals surface area contributed by atoms with Crippen LogP contribution in [0.2, 0.25) is 0 Å². The Morgan fingerprint density at radius 3 is 2.05 bits per heavy atom. The second-order valence-electron chi connectivity index (χ2n) is 6.88. The lowest BCUT2D eigenvalue weighted by atomic mass is 9.78. The van der Waals surface area contributed by atoms with Crippen molar-refractivity contribution in [1.82, 2.24) is 5.32 Å². The number of hydrogen-bond donors (Lipinski definition) is 1. The van der Waals surface area contributed by atoms with Gasteiger partial charge in [0.25, 0.3) is 0 Å². The van der Waals surface area contributed by atoms with E-state index in [1.807, 2.05) is 0 Å². The van der Waals surface area contributed by atoms with Crippen LogP contribution < -0.4 is 5.32 Å². The zero-order valence-corrected chi connectivity index (χ0v) is 13.8. The summed E-state index contributed by atoms with van der Waals surface area (Å²) in [5.74, 6) is 0. The van der Waals surface area contributed by atoms with Crippen LogP contribution in [0.4, 0.5) is 0 Å². The number of unbranched alkanes of at least 4 members (excludes halogenated alkanes) is 6. The van der Waals surface area contributed by atoms with Crippen LogP contribution in [0.15, 0.2) is 0 Å². The molecule has 19 heavy (non-hydrogen) atoms. The van der Waals surface area contributed by atoms with Gasteiger partial charge in [-0.2, -0.15) is 0 Å². The van der Waals surface area contributed by atoms with Gasteiger partial charge in [-0.25, -0.2) is 0 Å². The molecule has 0 spiro atoms. The molecule has 1 nitrogen and oxygen atoms in total. The summed E-state index contributed by atoms with van der Waals surface area (Å²) in [7, 11) is 0. The second-order valence-corrected chi connectivity index (χ2v) is 6.88. The molecule has 1 atom stereocenters. The van der Waals surface area contributed by atoms with Gasteiger partial charge in [-0.1, -0.05) is 78.6 Å². The highest BCUT2D eigenvalue weighted by Crippen LogP contribution is 2.42. The molecule has 0 amide bonds. The highest BCUT2D eigenvalue weighted by Gasteiger charge is 2.35. The Hall–Kier alpha value is -0.0400. The van der Waals surface area contributed by atoms with E-state index < -0.39 is 0 Å². The zero-order valence-electron chi connectivity index (χ0n) is 13.8. The monoisotopic (exact) mass is 267 g/mol. The molecule has 0 aromatic heterocycles. The average molecular weight is 268 g/mol. The maximum Gasteiger partial charge on any atom is 0.0121 e. The van der Waals surface area contributed by atoms with Gasteiger partial charge in [-0.05, 0) is 31.2 Å². The molecule has 1 saturated carbocycles. The lowest BCUT2D eigenvalue weighted by Gasteiger charge is -2.35. The van der Waals surface area contributed by atoms with Crippen LogP contribution in [0, 0.1) is 5.41 Å². The quantitative estimate of drug-likeness (QED) is 0.474. The summed E-state index contributed by atoms with van der Waals surface area (Å²) in [6, 6.07) is 0.774. The molecule has 1 unspecified atom stereocenters. The van der Waals surface area contributed by atoms with Crippen molar-refractivity contribution in [1.29, 1.82) is 0 Å². The molecule has 1 rings (SSSR count). The van der Waals surface area contributed by atoms with Crippen molar-refractivity contribution < 1.29 is 0 Å². The number of hydrogen-bond acceptors (Lipinski definition) is 1. The standard InChI is InChI=1S/C18H37N/c1-4-6-7-8-9-10-11-14-17(19-5-2)18(3)15-12-13-16-18/h17,19H,4-16H2,1-3H3. The van der Waals surface area contributed by atoms with E-state index in [4.69, 9.17) is 0 Å². The molecule has 1 aliphatic rings. The fourth-order valence-corrected chi connectivity index (χ4v) is 3.78. The van der Waals surface area contributed by atoms with Gasteiger partial charge in [0.15, 0.2) is 0 Å². The maximum absolute atomic E-state index is 3.78. The Morgan fingerprint density at radius 2 is 1.47 bits per heavy atom. The third kappa shape index (κ3) is 6.29. The molecule has 0 aliphatic heterocycles. The van der Waals surface area contributed by atoms with Gasteiger partial charge in [0.05, 0.1) is 0 Å². The SMILES string of the molecule is CCCCCCCCCC(NCC)C1(C)CCCC1. The van der Waals surface area contributed by atoms with Crippen LogP contribution in [0.5, 0.6) is 0 Å². The fraction of sp³-hybridized carbons (Fsp3) is 1.00. The Labute approximate surface area is 121 Å². The van der Waals surface area contributed by atoms with Crippen LogP contribution in [-0.2, 0) is 0 Å². The molecule has 1 N–H and O–H groups in total. The summed E-state index contributed by atoms with van der Waals surface area (Å²) >= 11 is 0. The van der Waals surface area contributed by atoms with E-state index in [9.17, 15) is 0 Å². The molecule has 0 aromatic rings. The first-order valence-corrected chi connectivity index (χ1v) is 8.96. The smallest absolute Gasteiger partial charge is 0.0121 e. The van der Waals surface area contributed by atoms with Crippen molar-refractivity contribution in [2.75, 3.05) is 6.54 Å². The van der Waals surface area contributed by atoms with Crippen molar-refractivity contribution in [2.45, 2.75) is 104 Å². The highest BCUT2D eigenvalue weighted by molar-refractivity contribution is 4.91. The molecule has 0 saturated heterocycles. The molecule has 1 aliphatic carbocycles. The van der Waals surface area contributed by atoms with E-state index in [0.717, 1.165) is 12.6 Å². The lowest BCUT2D eigenvalue weighted by molar-refractivity contribution is 0.208. The minimum Gasteiger partial charge on any atom is -0.314 e. The first kappa shape index (κ1) is 17.0. The van der Waals surface area contributed by atoms with E-state index in [0.29, 0.717) is 5.41 Å². The summed E-state index contributed by atoms with van der Waals surface area (Å²) in [6.45, 7) is 8.21. The first-order valence-electron chi connectivity index (χ1n) is 8.96. The van der Waals surface area contributed by atoms with Crippen molar-refractivity contribution >= 4 is 0 Å². The van der Waals surface area contributed by atoms with Gasteiger partial charge in [-0.15, -0.1) is 0 Å². The molecule has 114 valence electrons. The van der Waals surface area contributed by atoms with Crippen LogP contribution in [0.3, 0.4) is 0 Å². The van der Waals surface area contributed by atoms with Gasteiger partial charge in [-0.3, -0.25) is 0 Å². The topological polar surface area (TPSA) is 12.0 Å². The Bertz CT molecular complexity index is 206. The van der Waals surface area contributed by atoms with Crippen LogP contribution >= 0.6 is 0 Å². The van der Waals surface area contributed by atoms with Crippen molar-refractivity contribution in [3.63, 3.8) is 0 Å².